The van der Waals surface area contributed by atoms with Crippen molar-refractivity contribution >= 4 is 11.9 Å². The van der Waals surface area contributed by atoms with Crippen molar-refractivity contribution in [1.82, 2.24) is 20.4 Å². The predicted octanol–water partition coefficient (Wildman–Crippen LogP) is 3.09. The molecule has 2 amide bonds. The minimum Gasteiger partial charge on any atom is -0.365 e. The van der Waals surface area contributed by atoms with Crippen molar-refractivity contribution in [3.63, 3.8) is 0 Å². The summed E-state index contributed by atoms with van der Waals surface area (Å²) < 4.78 is 0. The number of nitrogens with zero attached hydrogens (tertiary/aromatic N) is 3. The van der Waals surface area contributed by atoms with Crippen molar-refractivity contribution < 1.29 is 4.79 Å². The molecular formula is C22H33N5O. The zero-order valence-corrected chi connectivity index (χ0v) is 17.4. The highest BCUT2D eigenvalue weighted by atomic mass is 16.2. The summed E-state index contributed by atoms with van der Waals surface area (Å²) in [5.41, 5.74) is 1.40. The molecule has 0 spiro atoms. The Morgan fingerprint density at radius 1 is 1.21 bits per heavy atom. The lowest BCUT2D eigenvalue weighted by Gasteiger charge is -2.36. The van der Waals surface area contributed by atoms with Crippen molar-refractivity contribution in [2.75, 3.05) is 13.1 Å². The molecule has 152 valence electrons. The van der Waals surface area contributed by atoms with E-state index in [-0.39, 0.29) is 17.6 Å². The molecule has 0 aromatic carbocycles. The summed E-state index contributed by atoms with van der Waals surface area (Å²) in [7, 11) is 0. The quantitative estimate of drug-likeness (QED) is 0.784. The van der Waals surface area contributed by atoms with Gasteiger partial charge in [-0.1, -0.05) is 20.8 Å². The molecule has 4 atom stereocenters. The number of carbonyl (C=O) groups is 1. The Hall–Kier alpha value is -1.72. The fraction of sp³-hybridized carbons (Fsp3) is 0.818. The first-order chi connectivity index (χ1) is 13.5. The summed E-state index contributed by atoms with van der Waals surface area (Å²) in [6.07, 6.45) is 7.65. The zero-order chi connectivity index (χ0) is 19.2. The number of rotatable bonds is 4. The van der Waals surface area contributed by atoms with Gasteiger partial charge in [0, 0.05) is 24.5 Å². The Kier molecular flexibility index (Phi) is 3.47. The van der Waals surface area contributed by atoms with Gasteiger partial charge >= 0.3 is 6.03 Å². The molecule has 7 aliphatic rings. The van der Waals surface area contributed by atoms with E-state index in [0.717, 1.165) is 48.8 Å². The van der Waals surface area contributed by atoms with Crippen LogP contribution < -0.4 is 10.6 Å². The molecule has 6 nitrogen and oxygen atoms in total. The third-order valence-electron chi connectivity index (χ3n) is 8.49. The highest BCUT2D eigenvalue weighted by Gasteiger charge is 2.62. The molecule has 6 heteroatoms. The molecule has 4 aliphatic carbocycles. The largest absolute Gasteiger partial charge is 0.365 e. The van der Waals surface area contributed by atoms with Crippen LogP contribution >= 0.6 is 0 Å². The van der Waals surface area contributed by atoms with Crippen LogP contribution in [0.5, 0.6) is 0 Å². The van der Waals surface area contributed by atoms with Crippen LogP contribution in [0, 0.1) is 29.1 Å². The fourth-order valence-corrected chi connectivity index (χ4v) is 7.33. The normalized spacial score (nSPS) is 42.9. The summed E-state index contributed by atoms with van der Waals surface area (Å²) in [6.45, 7) is 8.13. The van der Waals surface area contributed by atoms with E-state index < -0.39 is 0 Å². The van der Waals surface area contributed by atoms with Crippen molar-refractivity contribution in [3.05, 3.63) is 11.5 Å². The molecule has 3 heterocycles. The zero-order valence-electron chi connectivity index (χ0n) is 17.4. The number of aliphatic imine (C=N–C) groups is 1. The smallest absolute Gasteiger partial charge is 0.327 e. The molecule has 0 aromatic heterocycles. The second kappa shape index (κ2) is 5.67. The van der Waals surface area contributed by atoms with E-state index in [1.807, 2.05) is 9.80 Å². The van der Waals surface area contributed by atoms with Crippen LogP contribution in [0.2, 0.25) is 0 Å². The number of amides is 2. The number of nitrogens with one attached hydrogen (secondary N) is 2. The van der Waals surface area contributed by atoms with Gasteiger partial charge in [-0.3, -0.25) is 9.80 Å². The second-order valence-electron chi connectivity index (χ2n) is 10.5. The van der Waals surface area contributed by atoms with Gasteiger partial charge < -0.3 is 10.6 Å². The highest BCUT2D eigenvalue weighted by Crippen LogP contribution is 2.66. The van der Waals surface area contributed by atoms with Gasteiger partial charge in [-0.2, -0.15) is 0 Å². The Morgan fingerprint density at radius 3 is 2.64 bits per heavy atom. The van der Waals surface area contributed by atoms with Crippen LogP contribution in [0.25, 0.3) is 0 Å². The molecule has 2 N–H and O–H groups in total. The van der Waals surface area contributed by atoms with Crippen LogP contribution in [0.4, 0.5) is 4.79 Å². The lowest BCUT2D eigenvalue weighted by atomic mass is 9.74. The average Bonchev–Trinajstić information content (AvgIpc) is 3.38. The van der Waals surface area contributed by atoms with Gasteiger partial charge in [-0.25, -0.2) is 9.79 Å². The number of hydrogen-bond acceptors (Lipinski definition) is 4. The van der Waals surface area contributed by atoms with Crippen molar-refractivity contribution in [3.8, 4) is 0 Å². The highest BCUT2D eigenvalue weighted by molar-refractivity contribution is 5.95. The van der Waals surface area contributed by atoms with Crippen LogP contribution in [-0.4, -0.2) is 47.0 Å². The summed E-state index contributed by atoms with van der Waals surface area (Å²) in [6, 6.07) is 0.443. The number of carbonyl (C=O) groups excluding carboxylic acids is 1. The SMILES string of the molecule is CCCN1C(=O)N2C[C@H](C(C)C)NC2=C2NC(C34CC5CC(CC3C5)C4)=NC21. The van der Waals surface area contributed by atoms with E-state index in [2.05, 4.69) is 31.4 Å². The number of amidine groups is 1. The molecule has 5 fully saturated rings. The molecular weight excluding hydrogens is 350 g/mol. The molecule has 3 aliphatic heterocycles. The van der Waals surface area contributed by atoms with Crippen LogP contribution in [-0.2, 0) is 0 Å². The van der Waals surface area contributed by atoms with Gasteiger partial charge in [0.1, 0.15) is 17.4 Å². The molecule has 7 rings (SSSR count). The summed E-state index contributed by atoms with van der Waals surface area (Å²) in [4.78, 5) is 22.5. The summed E-state index contributed by atoms with van der Waals surface area (Å²) in [5, 5.41) is 7.47. The second-order valence-corrected chi connectivity index (χ2v) is 10.5. The van der Waals surface area contributed by atoms with Gasteiger partial charge in [-0.15, -0.1) is 0 Å². The number of hydrogen-bond donors (Lipinski definition) is 2. The fourth-order valence-electron chi connectivity index (χ4n) is 7.33. The minimum absolute atomic E-state index is 0.128. The standard InChI is InChI=1S/C22H33N5O/c1-4-5-26-19-17(18-23-16(12(2)3)11-27(18)21(26)28)24-20(25-19)22-9-13-6-14(10-22)8-15(22)7-13/h12-16,19,23H,4-11H2,1-3H3,(H,24,25)/t13?,14?,15?,16-,19?,22?/m1/s1. The lowest BCUT2D eigenvalue weighted by molar-refractivity contribution is 0.145. The van der Waals surface area contributed by atoms with E-state index in [1.54, 1.807) is 0 Å². The van der Waals surface area contributed by atoms with Crippen molar-refractivity contribution in [2.24, 2.45) is 34.1 Å². The van der Waals surface area contributed by atoms with Crippen LogP contribution in [0.3, 0.4) is 0 Å². The van der Waals surface area contributed by atoms with E-state index >= 15 is 0 Å². The Balaban J connectivity index is 1.39. The van der Waals surface area contributed by atoms with Gasteiger partial charge in [0.25, 0.3) is 0 Å². The van der Waals surface area contributed by atoms with Gasteiger partial charge in [0.05, 0.1) is 0 Å². The third-order valence-corrected chi connectivity index (χ3v) is 8.49. The van der Waals surface area contributed by atoms with E-state index in [0.29, 0.717) is 12.0 Å². The Labute approximate surface area is 167 Å². The molecule has 4 bridgehead atoms. The minimum atomic E-state index is -0.153. The van der Waals surface area contributed by atoms with E-state index in [4.69, 9.17) is 4.99 Å². The first-order valence-electron chi connectivity index (χ1n) is 11.4. The molecule has 0 radical (unpaired) electrons. The Morgan fingerprint density at radius 2 is 1.96 bits per heavy atom. The molecule has 28 heavy (non-hydrogen) atoms. The first-order valence-corrected chi connectivity index (χ1v) is 11.4. The molecule has 0 aromatic rings. The average molecular weight is 384 g/mol. The van der Waals surface area contributed by atoms with Crippen molar-refractivity contribution in [2.45, 2.75) is 71.5 Å². The third kappa shape index (κ3) is 2.09. The maximum atomic E-state index is 13.3. The van der Waals surface area contributed by atoms with E-state index in [1.165, 1.54) is 37.9 Å². The molecule has 1 saturated heterocycles. The molecule has 4 saturated carbocycles. The monoisotopic (exact) mass is 383 g/mol. The lowest BCUT2D eigenvalue weighted by Crippen LogP contribution is -2.53. The van der Waals surface area contributed by atoms with Crippen LogP contribution in [0.1, 0.15) is 59.3 Å². The topological polar surface area (TPSA) is 60.0 Å². The summed E-state index contributed by atoms with van der Waals surface area (Å²) in [5.74, 6) is 5.31. The number of fused-ring (bicyclic) bond motifs is 2. The van der Waals surface area contributed by atoms with Gasteiger partial charge in [0.2, 0.25) is 0 Å². The van der Waals surface area contributed by atoms with Crippen molar-refractivity contribution in [1.29, 1.82) is 0 Å². The number of urea groups is 1. The summed E-state index contributed by atoms with van der Waals surface area (Å²) >= 11 is 0. The van der Waals surface area contributed by atoms with Gasteiger partial charge in [0.15, 0.2) is 6.17 Å². The predicted molar refractivity (Wildman–Crippen MR) is 108 cm³/mol. The Bertz CT molecular complexity index is 772. The van der Waals surface area contributed by atoms with E-state index in [9.17, 15) is 4.79 Å². The van der Waals surface area contributed by atoms with Gasteiger partial charge in [-0.05, 0) is 62.2 Å². The molecule has 3 unspecified atom stereocenters. The first kappa shape index (κ1) is 17.2. The maximum absolute atomic E-state index is 13.3. The van der Waals surface area contributed by atoms with Crippen LogP contribution in [0.15, 0.2) is 16.5 Å². The maximum Gasteiger partial charge on any atom is 0.327 e.